The van der Waals surface area contributed by atoms with E-state index in [0.29, 0.717) is 23.0 Å². The molecule has 0 atom stereocenters. The van der Waals surface area contributed by atoms with Crippen LogP contribution in [0, 0.1) is 39.0 Å². The molecule has 0 N–H and O–H groups in total. The van der Waals surface area contributed by atoms with Crippen molar-refractivity contribution in [3.05, 3.63) is 198 Å². The zero-order valence-electron chi connectivity index (χ0n) is 34.8. The molecule has 11 aromatic rings. The van der Waals surface area contributed by atoms with Crippen LogP contribution in [-0.4, -0.2) is 24.1 Å². The SMILES string of the molecule is Cc1ccc2c(c1)c1cc(C)ccc1n2-c1ccc(-c2nc(-c3ccccc3)nc(-c3ccccc3)n2)cc1-c1c(C#N)cccc1-n1c2ccc(C)cc2c2cc(C)ccc21. The largest absolute Gasteiger partial charge is 0.309 e. The van der Waals surface area contributed by atoms with Gasteiger partial charge in [-0.2, -0.15) is 5.26 Å². The second-order valence-corrected chi connectivity index (χ2v) is 16.3. The Labute approximate surface area is 359 Å². The maximum Gasteiger partial charge on any atom is 0.164 e. The monoisotopic (exact) mass is 796 g/mol. The van der Waals surface area contributed by atoms with Gasteiger partial charge in [-0.15, -0.1) is 0 Å². The minimum absolute atomic E-state index is 0.540. The zero-order chi connectivity index (χ0) is 42.1. The summed E-state index contributed by atoms with van der Waals surface area (Å²) in [6.45, 7) is 8.57. The van der Waals surface area contributed by atoms with Gasteiger partial charge in [0.25, 0.3) is 0 Å². The van der Waals surface area contributed by atoms with E-state index in [2.05, 4.69) is 140 Å². The van der Waals surface area contributed by atoms with Crippen LogP contribution in [0.4, 0.5) is 0 Å². The minimum atomic E-state index is 0.540. The maximum atomic E-state index is 11.1. The van der Waals surface area contributed by atoms with Crippen LogP contribution < -0.4 is 0 Å². The molecule has 62 heavy (non-hydrogen) atoms. The number of rotatable bonds is 6. The molecule has 0 saturated carbocycles. The first-order valence-electron chi connectivity index (χ1n) is 20.9. The lowest BCUT2D eigenvalue weighted by Gasteiger charge is -2.20. The van der Waals surface area contributed by atoms with Crippen LogP contribution in [0.25, 0.3) is 100 Å². The van der Waals surface area contributed by atoms with Crippen molar-refractivity contribution in [3.8, 4) is 62.7 Å². The van der Waals surface area contributed by atoms with Crippen molar-refractivity contribution in [3.63, 3.8) is 0 Å². The predicted molar refractivity (Wildman–Crippen MR) is 254 cm³/mol. The van der Waals surface area contributed by atoms with Crippen LogP contribution in [0.3, 0.4) is 0 Å². The van der Waals surface area contributed by atoms with Crippen molar-refractivity contribution in [1.82, 2.24) is 24.1 Å². The molecular formula is C56H40N6. The van der Waals surface area contributed by atoms with E-state index < -0.39 is 0 Å². The maximum absolute atomic E-state index is 11.1. The highest BCUT2D eigenvalue weighted by molar-refractivity contribution is 6.12. The fraction of sp³-hybridized carbons (Fsp3) is 0.0714. The van der Waals surface area contributed by atoms with E-state index in [1.54, 1.807) is 0 Å². The Balaban J connectivity index is 1.27. The topological polar surface area (TPSA) is 72.3 Å². The third-order valence-corrected chi connectivity index (χ3v) is 12.0. The molecule has 0 bridgehead atoms. The number of hydrogen-bond acceptors (Lipinski definition) is 4. The highest BCUT2D eigenvalue weighted by Crippen LogP contribution is 2.44. The number of nitriles is 1. The lowest BCUT2D eigenvalue weighted by molar-refractivity contribution is 1.07. The van der Waals surface area contributed by atoms with Gasteiger partial charge in [0.15, 0.2) is 17.5 Å². The Morgan fingerprint density at radius 2 is 0.806 bits per heavy atom. The van der Waals surface area contributed by atoms with E-state index >= 15 is 0 Å². The molecule has 6 heteroatoms. The van der Waals surface area contributed by atoms with Gasteiger partial charge in [0.05, 0.1) is 45.1 Å². The predicted octanol–water partition coefficient (Wildman–Crippen LogP) is 13.8. The summed E-state index contributed by atoms with van der Waals surface area (Å²) in [4.78, 5) is 15.3. The van der Waals surface area contributed by atoms with Gasteiger partial charge >= 0.3 is 0 Å². The standard InChI is InChI=1S/C56H40N6/c1-34-18-23-47-42(28-34)43-29-35(2)19-24-48(43)61(47)51-27-22-40(56-59-54(38-12-7-5-8-13-38)58-55(60-56)39-14-9-6-10-15-39)32-46(51)53-41(33-57)16-11-17-52(53)62-49-25-20-36(3)30-44(49)45-31-37(4)21-26-50(45)62/h5-32H,1-4H3. The number of benzene rings is 8. The summed E-state index contributed by atoms with van der Waals surface area (Å²) in [5.41, 5.74) is 15.8. The molecule has 3 aromatic heterocycles. The average Bonchev–Trinajstić information content (AvgIpc) is 3.79. The minimum Gasteiger partial charge on any atom is -0.309 e. The lowest BCUT2D eigenvalue weighted by atomic mass is 9.94. The average molecular weight is 797 g/mol. The van der Waals surface area contributed by atoms with Crippen LogP contribution in [0.1, 0.15) is 27.8 Å². The summed E-state index contributed by atoms with van der Waals surface area (Å²) < 4.78 is 4.69. The van der Waals surface area contributed by atoms with Gasteiger partial charge in [-0.3, -0.25) is 0 Å². The Kier molecular flexibility index (Phi) is 8.66. The summed E-state index contributed by atoms with van der Waals surface area (Å²) in [6.07, 6.45) is 0. The van der Waals surface area contributed by atoms with Crippen molar-refractivity contribution in [1.29, 1.82) is 5.26 Å². The van der Waals surface area contributed by atoms with E-state index in [9.17, 15) is 5.26 Å². The molecular weight excluding hydrogens is 757 g/mol. The van der Waals surface area contributed by atoms with E-state index in [0.717, 1.165) is 61.3 Å². The third kappa shape index (κ3) is 6.05. The van der Waals surface area contributed by atoms with Gasteiger partial charge in [0.2, 0.25) is 0 Å². The Bertz CT molecular complexity index is 3450. The van der Waals surface area contributed by atoms with Crippen molar-refractivity contribution < 1.29 is 0 Å². The first kappa shape index (κ1) is 36.9. The van der Waals surface area contributed by atoms with Crippen molar-refractivity contribution in [2.24, 2.45) is 0 Å². The molecule has 0 spiro atoms. The summed E-state index contributed by atoms with van der Waals surface area (Å²) >= 11 is 0. The molecule has 0 unspecified atom stereocenters. The molecule has 11 rings (SSSR count). The first-order chi connectivity index (χ1) is 30.3. The van der Waals surface area contributed by atoms with Gasteiger partial charge in [0, 0.05) is 49.4 Å². The molecule has 0 fully saturated rings. The van der Waals surface area contributed by atoms with Gasteiger partial charge in [-0.25, -0.2) is 15.0 Å². The first-order valence-corrected chi connectivity index (χ1v) is 20.9. The molecule has 0 saturated heterocycles. The third-order valence-electron chi connectivity index (χ3n) is 12.0. The van der Waals surface area contributed by atoms with E-state index in [1.807, 2.05) is 72.8 Å². The molecule has 6 nitrogen and oxygen atoms in total. The van der Waals surface area contributed by atoms with Crippen molar-refractivity contribution in [2.45, 2.75) is 27.7 Å². The highest BCUT2D eigenvalue weighted by Gasteiger charge is 2.24. The molecule has 0 radical (unpaired) electrons. The van der Waals surface area contributed by atoms with Crippen LogP contribution in [0.5, 0.6) is 0 Å². The second kappa shape index (κ2) is 14.5. The quantitative estimate of drug-likeness (QED) is 0.168. The van der Waals surface area contributed by atoms with Gasteiger partial charge in [-0.05, 0) is 107 Å². The van der Waals surface area contributed by atoms with Crippen LogP contribution in [-0.2, 0) is 0 Å². The summed E-state index contributed by atoms with van der Waals surface area (Å²) in [7, 11) is 0. The number of aryl methyl sites for hydroxylation is 4. The zero-order valence-corrected chi connectivity index (χ0v) is 34.8. The molecule has 0 aliphatic heterocycles. The number of nitrogens with zero attached hydrogens (tertiary/aromatic N) is 6. The Hall–Kier alpha value is -8.14. The molecule has 0 amide bonds. The summed E-state index contributed by atoms with van der Waals surface area (Å²) in [5, 5.41) is 15.8. The lowest BCUT2D eigenvalue weighted by Crippen LogP contribution is -2.05. The van der Waals surface area contributed by atoms with E-state index in [-0.39, 0.29) is 0 Å². The molecule has 294 valence electrons. The van der Waals surface area contributed by atoms with E-state index in [1.165, 1.54) is 43.8 Å². The van der Waals surface area contributed by atoms with Gasteiger partial charge in [0.1, 0.15) is 0 Å². The molecule has 0 aliphatic carbocycles. The Morgan fingerprint density at radius 3 is 1.24 bits per heavy atom. The normalized spacial score (nSPS) is 11.5. The van der Waals surface area contributed by atoms with Crippen LogP contribution in [0.2, 0.25) is 0 Å². The number of hydrogen-bond donors (Lipinski definition) is 0. The Morgan fingerprint density at radius 1 is 0.387 bits per heavy atom. The van der Waals surface area contributed by atoms with E-state index in [4.69, 9.17) is 15.0 Å². The van der Waals surface area contributed by atoms with Gasteiger partial charge < -0.3 is 9.13 Å². The molecule has 3 heterocycles. The van der Waals surface area contributed by atoms with Crippen LogP contribution in [0.15, 0.2) is 170 Å². The number of aromatic nitrogens is 5. The molecule has 8 aromatic carbocycles. The molecule has 0 aliphatic rings. The van der Waals surface area contributed by atoms with Gasteiger partial charge in [-0.1, -0.05) is 113 Å². The summed E-state index contributed by atoms with van der Waals surface area (Å²) in [5.74, 6) is 1.71. The fourth-order valence-electron chi connectivity index (χ4n) is 9.13. The second-order valence-electron chi connectivity index (χ2n) is 16.3. The number of fused-ring (bicyclic) bond motifs is 6. The van der Waals surface area contributed by atoms with Crippen molar-refractivity contribution >= 4 is 43.6 Å². The smallest absolute Gasteiger partial charge is 0.164 e. The highest BCUT2D eigenvalue weighted by atomic mass is 15.0. The fourth-order valence-corrected chi connectivity index (χ4v) is 9.13. The van der Waals surface area contributed by atoms with Crippen LogP contribution >= 0.6 is 0 Å². The summed E-state index contributed by atoms with van der Waals surface area (Å²) in [6, 6.07) is 61.9. The van der Waals surface area contributed by atoms with Crippen molar-refractivity contribution in [2.75, 3.05) is 0 Å².